The van der Waals surface area contributed by atoms with Crippen molar-refractivity contribution in [2.75, 3.05) is 7.11 Å². The number of aromatic hydroxyl groups is 4. The first-order valence-corrected chi connectivity index (χ1v) is 13.7. The Morgan fingerprint density at radius 2 is 0.544 bits per heavy atom. The van der Waals surface area contributed by atoms with Crippen LogP contribution in [0.2, 0.25) is 0 Å². The van der Waals surface area contributed by atoms with Gasteiger partial charge in [0, 0.05) is 31.4 Å². The topological polar surface area (TPSA) is 417 Å². The zero-order valence-corrected chi connectivity index (χ0v) is 31.1. The predicted octanol–water partition coefficient (Wildman–Crippen LogP) is 2.17. The third-order valence-corrected chi connectivity index (χ3v) is 5.17. The van der Waals surface area contributed by atoms with Crippen molar-refractivity contribution >= 4 is 0 Å². The Morgan fingerprint density at radius 1 is 0.386 bits per heavy atom. The van der Waals surface area contributed by atoms with E-state index >= 15 is 0 Å². The molecule has 0 aliphatic rings. The summed E-state index contributed by atoms with van der Waals surface area (Å²) in [7, 11) is 1.00. The van der Waals surface area contributed by atoms with E-state index in [-0.39, 0.29) is 97.4 Å². The summed E-state index contributed by atoms with van der Waals surface area (Å²) in [6.45, 7) is 0. The van der Waals surface area contributed by atoms with Gasteiger partial charge in [0.2, 0.25) is 23.5 Å². The van der Waals surface area contributed by atoms with Crippen LogP contribution < -0.4 is 10.2 Å². The molecule has 0 aliphatic heterocycles. The summed E-state index contributed by atoms with van der Waals surface area (Å²) in [6, 6.07) is 28.6. The van der Waals surface area contributed by atoms with Gasteiger partial charge in [0.15, 0.2) is 0 Å². The van der Waals surface area contributed by atoms with Gasteiger partial charge >= 0.3 is 51.2 Å². The minimum Gasteiger partial charge on any atom is -0.870 e. The number of hydrogen-bond donors (Lipinski definition) is 5. The molecule has 0 atom stereocenters. The average molecular weight is 943 g/mol. The first-order valence-electron chi connectivity index (χ1n) is 13.7. The van der Waals surface area contributed by atoms with E-state index in [4.69, 9.17) is 56.2 Å². The Balaban J connectivity index is -0.000000204. The summed E-state index contributed by atoms with van der Waals surface area (Å²) in [5, 5.41) is 94.9. The molecule has 0 unspecified atom stereocenters. The largest absolute Gasteiger partial charge is 2.00 e. The van der Waals surface area contributed by atoms with Gasteiger partial charge in [-0.1, -0.05) is 48.5 Å². The molecule has 0 aromatic carbocycles. The maximum absolute atomic E-state index is 10.9. The summed E-state index contributed by atoms with van der Waals surface area (Å²) in [5.74, 6) is -0.915. The zero-order valence-electron chi connectivity index (χ0n) is 28.3. The standard InChI is InChI=1S/3C10H8N2O2.CH4O.3Cu.2NO3.2H2O/c3*13-9-5-1-3-7(11-9)8-4-2-6-10(14)12-8;1-2;;;;2*2-1(3)4;;/h3*1-6H,(H,11,13)(H,12,14);2H,1H3;;;;;;2*1H2/q;;;;3*+2;2*-1;;/p-4. The van der Waals surface area contributed by atoms with Gasteiger partial charge in [-0.25, -0.2) is 19.9 Å². The maximum atomic E-state index is 10.9. The van der Waals surface area contributed by atoms with Crippen LogP contribution in [-0.2, 0) is 51.2 Å². The van der Waals surface area contributed by atoms with Crippen molar-refractivity contribution in [2.45, 2.75) is 0 Å². The number of hydrogen-bond acceptors (Lipinski definition) is 21. The minimum atomic E-state index is -1.75. The van der Waals surface area contributed by atoms with Gasteiger partial charge in [0.1, 0.15) is 0 Å². The monoisotopic (exact) mass is 941 g/mol. The molecule has 6 aromatic rings. The molecule has 0 saturated carbocycles. The van der Waals surface area contributed by atoms with E-state index in [0.29, 0.717) is 34.2 Å². The molecule has 7 N–H and O–H groups in total. The molecule has 57 heavy (non-hydrogen) atoms. The van der Waals surface area contributed by atoms with Crippen LogP contribution in [0.1, 0.15) is 0 Å². The van der Waals surface area contributed by atoms with Crippen LogP contribution in [0.25, 0.3) is 34.2 Å². The Kier molecular flexibility index (Phi) is 34.5. The number of pyridine rings is 6. The molecule has 0 aliphatic carbocycles. The molecule has 0 amide bonds. The molecule has 23 nitrogen and oxygen atoms in total. The second-order valence-corrected chi connectivity index (χ2v) is 8.69. The fourth-order valence-corrected chi connectivity index (χ4v) is 3.38. The van der Waals surface area contributed by atoms with E-state index in [0.717, 1.165) is 7.11 Å². The number of nitrogens with zero attached hydrogens (tertiary/aromatic N) is 8. The molecule has 6 heterocycles. The molecule has 3 radical (unpaired) electrons. The first-order chi connectivity index (χ1) is 24.7. The summed E-state index contributed by atoms with van der Waals surface area (Å²) in [4.78, 5) is 39.4. The van der Waals surface area contributed by atoms with E-state index < -0.39 is 10.2 Å². The summed E-state index contributed by atoms with van der Waals surface area (Å²) in [6.07, 6.45) is 0. The molecule has 0 bridgehead atoms. The van der Waals surface area contributed by atoms with Gasteiger partial charge in [-0.3, -0.25) is 9.97 Å². The summed E-state index contributed by atoms with van der Waals surface area (Å²) < 4.78 is 0. The number of aromatic nitrogens is 6. The molecule has 26 heteroatoms. The van der Waals surface area contributed by atoms with E-state index in [1.807, 2.05) is 0 Å². The van der Waals surface area contributed by atoms with Gasteiger partial charge in [0.05, 0.1) is 44.3 Å². The molecule has 6 rings (SSSR count). The molecule has 6 aromatic heterocycles. The van der Waals surface area contributed by atoms with Crippen LogP contribution in [0.15, 0.2) is 109 Å². The minimum absolute atomic E-state index is 0. The fraction of sp³-hybridized carbons (Fsp3) is 0.0323. The number of aliphatic hydroxyl groups is 1. The quantitative estimate of drug-likeness (QED) is 0.0964. The third-order valence-electron chi connectivity index (χ3n) is 5.17. The number of aliphatic hydroxyl groups excluding tert-OH is 1. The van der Waals surface area contributed by atoms with Crippen LogP contribution in [0.4, 0.5) is 0 Å². The van der Waals surface area contributed by atoms with E-state index in [1.165, 1.54) is 36.4 Å². The van der Waals surface area contributed by atoms with Crippen molar-refractivity contribution in [2.24, 2.45) is 0 Å². The molecule has 0 spiro atoms. The van der Waals surface area contributed by atoms with Crippen LogP contribution in [-0.4, -0.2) is 83.7 Å². The smallest absolute Gasteiger partial charge is 0.870 e. The molecule has 0 fully saturated rings. The Morgan fingerprint density at radius 3 is 0.702 bits per heavy atom. The van der Waals surface area contributed by atoms with Crippen LogP contribution in [0.5, 0.6) is 35.3 Å². The zero-order chi connectivity index (χ0) is 39.1. The summed E-state index contributed by atoms with van der Waals surface area (Å²) in [5.41, 5.74) is 2.97. The van der Waals surface area contributed by atoms with Gasteiger partial charge in [0.25, 0.3) is 0 Å². The van der Waals surface area contributed by atoms with Crippen molar-refractivity contribution in [1.82, 2.24) is 29.9 Å². The number of rotatable bonds is 3. The predicted molar refractivity (Wildman–Crippen MR) is 181 cm³/mol. The van der Waals surface area contributed by atoms with E-state index in [9.17, 15) is 10.2 Å². The van der Waals surface area contributed by atoms with Gasteiger partial charge < -0.3 is 77.3 Å². The normalized spacial score (nSPS) is 8.32. The Labute approximate surface area is 353 Å². The second kappa shape index (κ2) is 32.9. The molecular weight excluding hydrogens is 915 g/mol. The SMILES string of the molecule is CO.O=[N+]([O-])[O-].O=[N+]([O-])[O-].Oc1cccc(-c2cccc(O)n2)n1.Oc1cccc(-c2cccc(O)n2)n1.[Cu+2].[Cu+2].[Cu+2].[O-]c1cccc(-c2cccc([O-])n2)n1.[OH-].[OH-]. The summed E-state index contributed by atoms with van der Waals surface area (Å²) >= 11 is 0. The Hall–Kier alpha value is -6.46. The van der Waals surface area contributed by atoms with Crippen molar-refractivity contribution in [3.05, 3.63) is 140 Å². The van der Waals surface area contributed by atoms with E-state index in [1.54, 1.807) is 72.8 Å². The van der Waals surface area contributed by atoms with E-state index in [2.05, 4.69) is 29.9 Å². The maximum Gasteiger partial charge on any atom is 2.00 e. The van der Waals surface area contributed by atoms with Crippen LogP contribution in [0.3, 0.4) is 0 Å². The van der Waals surface area contributed by atoms with Crippen molar-refractivity contribution in [3.8, 4) is 69.4 Å². The van der Waals surface area contributed by atoms with Gasteiger partial charge in [-0.05, 0) is 48.2 Å². The average Bonchev–Trinajstić information content (AvgIpc) is 3.09. The van der Waals surface area contributed by atoms with Crippen LogP contribution in [0, 0.1) is 30.6 Å². The molecule has 315 valence electrons. The van der Waals surface area contributed by atoms with Crippen LogP contribution >= 0.6 is 0 Å². The molecule has 0 saturated heterocycles. The Bertz CT molecular complexity index is 1670. The van der Waals surface area contributed by atoms with Gasteiger partial charge in [-0.2, -0.15) is 0 Å². The fourth-order valence-electron chi connectivity index (χ4n) is 3.38. The molecular formula is C31H28Cu3N8O15. The van der Waals surface area contributed by atoms with Gasteiger partial charge in [-0.15, -0.1) is 0 Å². The first kappa shape index (κ1) is 59.8. The van der Waals surface area contributed by atoms with Crippen molar-refractivity contribution in [3.63, 3.8) is 0 Å². The second-order valence-electron chi connectivity index (χ2n) is 8.69. The van der Waals surface area contributed by atoms with Crippen molar-refractivity contribution in [1.29, 1.82) is 0 Å². The third kappa shape index (κ3) is 26.1. The van der Waals surface area contributed by atoms with Crippen molar-refractivity contribution < 1.29 is 108 Å².